The van der Waals surface area contributed by atoms with E-state index < -0.39 is 40.2 Å². The Balaban J connectivity index is 1.42. The molecule has 11 atom stereocenters. The molecule has 3 aliphatic heterocycles. The second kappa shape index (κ2) is 6.44. The lowest BCUT2D eigenvalue weighted by atomic mass is 9.35. The van der Waals surface area contributed by atoms with Gasteiger partial charge < -0.3 is 23.4 Å². The molecule has 2 unspecified atom stereocenters. The van der Waals surface area contributed by atoms with Crippen molar-refractivity contribution in [3.05, 3.63) is 24.2 Å². The summed E-state index contributed by atoms with van der Waals surface area (Å²) in [6.07, 6.45) is 3.01. The van der Waals surface area contributed by atoms with Gasteiger partial charge >= 0.3 is 11.9 Å². The van der Waals surface area contributed by atoms with Gasteiger partial charge in [-0.25, -0.2) is 4.79 Å². The van der Waals surface area contributed by atoms with Gasteiger partial charge in [-0.2, -0.15) is 0 Å². The third-order valence-corrected chi connectivity index (χ3v) is 11.6. The maximum Gasteiger partial charge on any atom is 0.339 e. The van der Waals surface area contributed by atoms with Crippen molar-refractivity contribution in [2.45, 2.75) is 96.9 Å². The van der Waals surface area contributed by atoms with Gasteiger partial charge in [0.15, 0.2) is 11.9 Å². The Morgan fingerprint density at radius 3 is 2.50 bits per heavy atom. The van der Waals surface area contributed by atoms with Crippen LogP contribution in [0.2, 0.25) is 0 Å². The summed E-state index contributed by atoms with van der Waals surface area (Å²) < 4.78 is 30.2. The number of hydrogen-bond acceptors (Lipinski definition) is 8. The van der Waals surface area contributed by atoms with Crippen molar-refractivity contribution in [3.8, 4) is 0 Å². The largest absolute Gasteiger partial charge is 0.472 e. The predicted octanol–water partition coefficient (Wildman–Crippen LogP) is 3.77. The monoisotopic (exact) mass is 498 g/mol. The summed E-state index contributed by atoms with van der Waals surface area (Å²) in [5, 5.41) is 0. The highest BCUT2D eigenvalue weighted by Gasteiger charge is 2.90. The van der Waals surface area contributed by atoms with Gasteiger partial charge in [0.25, 0.3) is 0 Å². The van der Waals surface area contributed by atoms with Crippen LogP contribution in [0.5, 0.6) is 0 Å². The van der Waals surface area contributed by atoms with E-state index in [-0.39, 0.29) is 47.2 Å². The third kappa shape index (κ3) is 2.25. The first-order chi connectivity index (χ1) is 16.8. The van der Waals surface area contributed by atoms with Gasteiger partial charge in [-0.3, -0.25) is 9.59 Å². The highest BCUT2D eigenvalue weighted by Crippen LogP contribution is 2.81. The molecule has 1 aromatic heterocycles. The van der Waals surface area contributed by atoms with Crippen LogP contribution in [-0.4, -0.2) is 47.7 Å². The molecule has 4 heterocycles. The molecule has 3 aliphatic carbocycles. The molecular formula is C28H34O8. The highest BCUT2D eigenvalue weighted by atomic mass is 16.7. The van der Waals surface area contributed by atoms with E-state index in [0.29, 0.717) is 6.42 Å². The van der Waals surface area contributed by atoms with E-state index in [4.69, 9.17) is 23.4 Å². The summed E-state index contributed by atoms with van der Waals surface area (Å²) in [6.45, 7) is 12.0. The lowest BCUT2D eigenvalue weighted by molar-refractivity contribution is -0.263. The molecule has 7 rings (SSSR count). The number of hydrogen-bond donors (Lipinski definition) is 0. The van der Waals surface area contributed by atoms with E-state index in [1.165, 1.54) is 6.92 Å². The molecule has 0 amide bonds. The van der Waals surface area contributed by atoms with Crippen molar-refractivity contribution < 1.29 is 37.7 Å². The molecule has 194 valence electrons. The standard InChI is InChI=1S/C28H34O8/c1-13(29)33-17-11-16-24(2,3)19(30)18-21(34-18)26(16,5)15-7-9-25(4)20(14-8-10-32-12-14)35-23(31)22-28(25,36-22)27(15,17)6/h8,10,12,15-18,20-22H,7,9,11H2,1-6H3/t15-,16+,17-,18?,20+,21?,22-,25+,26-,27+,28-/m1/s1. The minimum absolute atomic E-state index is 0.0180. The summed E-state index contributed by atoms with van der Waals surface area (Å²) in [4.78, 5) is 39.1. The molecule has 8 heteroatoms. The Morgan fingerprint density at radius 2 is 1.83 bits per heavy atom. The van der Waals surface area contributed by atoms with Gasteiger partial charge in [-0.15, -0.1) is 0 Å². The molecule has 6 fully saturated rings. The highest BCUT2D eigenvalue weighted by molar-refractivity contribution is 5.93. The Labute approximate surface area is 210 Å². The van der Waals surface area contributed by atoms with Crippen LogP contribution < -0.4 is 0 Å². The third-order valence-electron chi connectivity index (χ3n) is 11.6. The van der Waals surface area contributed by atoms with Crippen molar-refractivity contribution in [1.29, 1.82) is 0 Å². The van der Waals surface area contributed by atoms with E-state index in [0.717, 1.165) is 18.4 Å². The summed E-state index contributed by atoms with van der Waals surface area (Å²) in [7, 11) is 0. The topological polar surface area (TPSA) is 108 Å². The van der Waals surface area contributed by atoms with Gasteiger partial charge in [-0.1, -0.05) is 34.6 Å². The van der Waals surface area contributed by atoms with Crippen LogP contribution in [0.3, 0.4) is 0 Å². The van der Waals surface area contributed by atoms with Crippen LogP contribution >= 0.6 is 0 Å². The summed E-state index contributed by atoms with van der Waals surface area (Å²) in [5.74, 6) is -0.615. The number of ether oxygens (including phenoxy) is 4. The first-order valence-corrected chi connectivity index (χ1v) is 13.1. The fraction of sp³-hybridized carbons (Fsp3) is 0.750. The molecule has 1 spiro atoms. The first kappa shape index (κ1) is 23.0. The van der Waals surface area contributed by atoms with Crippen LogP contribution in [0.15, 0.2) is 23.0 Å². The molecule has 36 heavy (non-hydrogen) atoms. The normalized spacial score (nSPS) is 53.6. The number of esters is 2. The Morgan fingerprint density at radius 1 is 1.08 bits per heavy atom. The molecule has 0 bridgehead atoms. The summed E-state index contributed by atoms with van der Waals surface area (Å²) in [6, 6.07) is 1.84. The lowest BCUT2D eigenvalue weighted by Crippen LogP contribution is -2.74. The molecular weight excluding hydrogens is 464 g/mol. The molecule has 0 radical (unpaired) electrons. The Kier molecular flexibility index (Phi) is 4.11. The number of cyclic esters (lactones) is 1. The quantitative estimate of drug-likeness (QED) is 0.448. The average molecular weight is 499 g/mol. The Bertz CT molecular complexity index is 1190. The van der Waals surface area contributed by atoms with Gasteiger partial charge in [-0.05, 0) is 37.2 Å². The summed E-state index contributed by atoms with van der Waals surface area (Å²) >= 11 is 0. The molecule has 6 aliphatic rings. The number of fused-ring (bicyclic) bond motifs is 5. The first-order valence-electron chi connectivity index (χ1n) is 13.1. The molecule has 3 saturated heterocycles. The molecule has 3 saturated carbocycles. The number of carbonyl (C=O) groups excluding carboxylic acids is 3. The van der Waals surface area contributed by atoms with Gasteiger partial charge in [0.05, 0.1) is 18.6 Å². The predicted molar refractivity (Wildman–Crippen MR) is 123 cm³/mol. The fourth-order valence-electron chi connectivity index (χ4n) is 10.0. The van der Waals surface area contributed by atoms with E-state index in [1.54, 1.807) is 12.5 Å². The van der Waals surface area contributed by atoms with Crippen molar-refractivity contribution in [2.75, 3.05) is 0 Å². The zero-order valence-electron chi connectivity index (χ0n) is 21.7. The van der Waals surface area contributed by atoms with Gasteiger partial charge in [0.2, 0.25) is 0 Å². The van der Waals surface area contributed by atoms with Gasteiger partial charge in [0, 0.05) is 34.1 Å². The summed E-state index contributed by atoms with van der Waals surface area (Å²) in [5.41, 5.74) is -2.24. The SMILES string of the molecule is CC(=O)O[C@@H]1C[C@H]2C(C)(C)C(=O)C3OC3[C@]2(C)[C@H]2CC[C@@]3(C)[C@H](c4ccoc4)OC(=O)[C@H]4O[C@]43[C@@]21C. The van der Waals surface area contributed by atoms with Crippen molar-refractivity contribution >= 4 is 17.7 Å². The smallest absolute Gasteiger partial charge is 0.339 e. The van der Waals surface area contributed by atoms with Crippen molar-refractivity contribution in [3.63, 3.8) is 0 Å². The Hall–Kier alpha value is -2.19. The minimum atomic E-state index is -0.871. The van der Waals surface area contributed by atoms with Crippen LogP contribution in [-0.2, 0) is 33.3 Å². The second-order valence-electron chi connectivity index (χ2n) is 13.2. The number of furan rings is 1. The van der Waals surface area contributed by atoms with Crippen molar-refractivity contribution in [2.24, 2.45) is 33.5 Å². The maximum absolute atomic E-state index is 13.3. The number of rotatable bonds is 2. The molecule has 0 aromatic carbocycles. The molecule has 8 nitrogen and oxygen atoms in total. The minimum Gasteiger partial charge on any atom is -0.472 e. The average Bonchev–Trinajstić information content (AvgIpc) is 3.71. The van der Waals surface area contributed by atoms with Crippen molar-refractivity contribution in [1.82, 2.24) is 0 Å². The number of carbonyl (C=O) groups is 3. The number of Topliss-reactive ketones (excluding diaryl/α,β-unsaturated/α-hetero) is 1. The van der Waals surface area contributed by atoms with Crippen LogP contribution in [0, 0.1) is 33.5 Å². The van der Waals surface area contributed by atoms with E-state index in [9.17, 15) is 14.4 Å². The van der Waals surface area contributed by atoms with E-state index >= 15 is 0 Å². The maximum atomic E-state index is 13.3. The molecule has 0 N–H and O–H groups in total. The lowest BCUT2D eigenvalue weighted by Gasteiger charge is -2.69. The van der Waals surface area contributed by atoms with Crippen LogP contribution in [0.4, 0.5) is 0 Å². The number of epoxide rings is 2. The fourth-order valence-corrected chi connectivity index (χ4v) is 10.0. The zero-order valence-corrected chi connectivity index (χ0v) is 21.7. The number of ketones is 1. The van der Waals surface area contributed by atoms with E-state index in [2.05, 4.69) is 20.8 Å². The van der Waals surface area contributed by atoms with E-state index in [1.807, 2.05) is 19.9 Å². The second-order valence-corrected chi connectivity index (χ2v) is 13.2. The zero-order chi connectivity index (χ0) is 25.6. The van der Waals surface area contributed by atoms with Crippen LogP contribution in [0.25, 0.3) is 0 Å². The van der Waals surface area contributed by atoms with Gasteiger partial charge in [0.1, 0.15) is 23.9 Å². The van der Waals surface area contributed by atoms with Crippen LogP contribution in [0.1, 0.15) is 72.5 Å². The molecule has 1 aromatic rings.